The number of ether oxygens (including phenoxy) is 3. The summed E-state index contributed by atoms with van der Waals surface area (Å²) >= 11 is 0. The van der Waals surface area contributed by atoms with Gasteiger partial charge in [0.25, 0.3) is 0 Å². The van der Waals surface area contributed by atoms with Crippen molar-refractivity contribution >= 4 is 24.0 Å². The van der Waals surface area contributed by atoms with Gasteiger partial charge in [0.1, 0.15) is 29.8 Å². The number of aliphatic carboxylic acids is 1. The van der Waals surface area contributed by atoms with Crippen LogP contribution in [0.25, 0.3) is 0 Å². The van der Waals surface area contributed by atoms with Gasteiger partial charge >= 0.3 is 24.0 Å². The van der Waals surface area contributed by atoms with E-state index in [9.17, 15) is 24.3 Å². The number of esters is 2. The number of hydrogen-bond acceptors (Lipinski definition) is 9. The van der Waals surface area contributed by atoms with Gasteiger partial charge in [-0.3, -0.25) is 25.1 Å². The van der Waals surface area contributed by atoms with Crippen molar-refractivity contribution in [3.63, 3.8) is 0 Å². The number of carboxylic acid groups (broad SMARTS) is 1. The van der Waals surface area contributed by atoms with Crippen LogP contribution in [0.1, 0.15) is 67.2 Å². The maximum absolute atomic E-state index is 13.1. The fraction of sp³-hybridized carbons (Fsp3) is 0.833. The van der Waals surface area contributed by atoms with E-state index in [0.29, 0.717) is 32.2 Å². The lowest BCUT2D eigenvalue weighted by atomic mass is 9.99. The van der Waals surface area contributed by atoms with Crippen molar-refractivity contribution in [3.8, 4) is 0 Å². The van der Waals surface area contributed by atoms with Crippen molar-refractivity contribution in [1.29, 1.82) is 0 Å². The summed E-state index contributed by atoms with van der Waals surface area (Å²) in [6.45, 7) is 11.2. The van der Waals surface area contributed by atoms with Gasteiger partial charge in [-0.05, 0) is 58.8 Å². The minimum Gasteiger partial charge on any atom is -0.480 e. The van der Waals surface area contributed by atoms with E-state index in [0.717, 1.165) is 0 Å². The standard InChI is InChI=1S/C24H39N3O8/c1-13-10-15(25-17(13)19(28)29)12-33-20(30)18-14(2)11-16(26-18)34-21(31)24(6)8-7-9-27(24)22(32)35-23(3,4)5/h13-18,25-26H,7-12H2,1-6H3,(H,28,29)/t13-,14-,15?,16?,17-,18-,24-/m0/s1. The van der Waals surface area contributed by atoms with Gasteiger partial charge < -0.3 is 19.3 Å². The molecule has 3 saturated heterocycles. The topological polar surface area (TPSA) is 144 Å². The molecule has 2 unspecified atom stereocenters. The van der Waals surface area contributed by atoms with Crippen LogP contribution in [0.2, 0.25) is 0 Å². The summed E-state index contributed by atoms with van der Waals surface area (Å²) in [6.07, 6.45) is 0.907. The summed E-state index contributed by atoms with van der Waals surface area (Å²) in [6, 6.07) is -1.52. The molecule has 1 amide bonds. The Hall–Kier alpha value is -2.40. The maximum atomic E-state index is 13.1. The molecule has 3 aliphatic rings. The third kappa shape index (κ3) is 6.24. The van der Waals surface area contributed by atoms with Crippen molar-refractivity contribution < 1.29 is 38.5 Å². The summed E-state index contributed by atoms with van der Waals surface area (Å²) in [5, 5.41) is 15.3. The average Bonchev–Trinajstić information content (AvgIpc) is 3.42. The molecule has 0 bridgehead atoms. The Labute approximate surface area is 206 Å². The minimum absolute atomic E-state index is 0.0549. The molecule has 11 nitrogen and oxygen atoms in total. The van der Waals surface area contributed by atoms with Gasteiger partial charge in [0, 0.05) is 19.0 Å². The number of nitrogens with one attached hydrogen (secondary N) is 2. The zero-order valence-corrected chi connectivity index (χ0v) is 21.5. The molecule has 35 heavy (non-hydrogen) atoms. The Morgan fingerprint density at radius 3 is 2.31 bits per heavy atom. The number of likely N-dealkylation sites (tertiary alicyclic amines) is 1. The molecule has 0 aromatic rings. The first-order valence-corrected chi connectivity index (χ1v) is 12.3. The van der Waals surface area contributed by atoms with Crippen molar-refractivity contribution in [1.82, 2.24) is 15.5 Å². The van der Waals surface area contributed by atoms with Gasteiger partial charge in [-0.15, -0.1) is 0 Å². The van der Waals surface area contributed by atoms with E-state index in [-0.39, 0.29) is 24.5 Å². The zero-order chi connectivity index (χ0) is 26.1. The summed E-state index contributed by atoms with van der Waals surface area (Å²) < 4.78 is 16.6. The van der Waals surface area contributed by atoms with Gasteiger partial charge in [0.05, 0.1) is 0 Å². The summed E-state index contributed by atoms with van der Waals surface area (Å²) in [4.78, 5) is 51.1. The molecule has 3 heterocycles. The lowest BCUT2D eigenvalue weighted by Gasteiger charge is -2.35. The first-order chi connectivity index (χ1) is 16.2. The highest BCUT2D eigenvalue weighted by Crippen LogP contribution is 2.33. The van der Waals surface area contributed by atoms with Crippen LogP contribution >= 0.6 is 0 Å². The third-order valence-corrected chi connectivity index (χ3v) is 7.05. The summed E-state index contributed by atoms with van der Waals surface area (Å²) in [5.41, 5.74) is -1.82. The minimum atomic E-state index is -1.14. The Morgan fingerprint density at radius 2 is 1.71 bits per heavy atom. The monoisotopic (exact) mass is 497 g/mol. The molecule has 0 spiro atoms. The van der Waals surface area contributed by atoms with Crippen LogP contribution in [0.4, 0.5) is 4.79 Å². The molecule has 0 aliphatic carbocycles. The number of carbonyl (C=O) groups is 4. The molecule has 0 aromatic carbocycles. The number of carbonyl (C=O) groups excluding carboxylic acids is 3. The maximum Gasteiger partial charge on any atom is 0.411 e. The molecule has 3 fully saturated rings. The molecular weight excluding hydrogens is 458 g/mol. The van der Waals surface area contributed by atoms with Crippen LogP contribution in [0.3, 0.4) is 0 Å². The Bertz CT molecular complexity index is 843. The molecule has 198 valence electrons. The van der Waals surface area contributed by atoms with E-state index in [2.05, 4.69) is 10.6 Å². The smallest absolute Gasteiger partial charge is 0.411 e. The second-order valence-electron chi connectivity index (χ2n) is 11.3. The van der Waals surface area contributed by atoms with Gasteiger partial charge in [-0.2, -0.15) is 0 Å². The predicted octanol–water partition coefficient (Wildman–Crippen LogP) is 1.64. The number of nitrogens with zero attached hydrogens (tertiary/aromatic N) is 1. The van der Waals surface area contributed by atoms with E-state index in [1.54, 1.807) is 27.7 Å². The van der Waals surface area contributed by atoms with Crippen LogP contribution in [0.5, 0.6) is 0 Å². The van der Waals surface area contributed by atoms with E-state index in [1.165, 1.54) is 4.90 Å². The fourth-order valence-corrected chi connectivity index (χ4v) is 5.10. The first kappa shape index (κ1) is 27.2. The third-order valence-electron chi connectivity index (χ3n) is 7.05. The predicted molar refractivity (Wildman–Crippen MR) is 124 cm³/mol. The normalized spacial score (nSPS) is 35.1. The van der Waals surface area contributed by atoms with E-state index < -0.39 is 53.5 Å². The van der Waals surface area contributed by atoms with Crippen LogP contribution in [-0.2, 0) is 28.6 Å². The second-order valence-corrected chi connectivity index (χ2v) is 11.3. The molecule has 3 N–H and O–H groups in total. The lowest BCUT2D eigenvalue weighted by molar-refractivity contribution is -0.162. The molecule has 3 rings (SSSR count). The van der Waals surface area contributed by atoms with Crippen molar-refractivity contribution in [2.45, 2.75) is 103 Å². The number of carboxylic acids is 1. The fourth-order valence-electron chi connectivity index (χ4n) is 5.10. The SMILES string of the molecule is C[C@H]1CC(COC(=O)[C@H]2NC(OC(=O)[C@]3(C)CCCN3C(=O)OC(C)(C)C)C[C@@H]2C)N[C@@H]1C(=O)O. The van der Waals surface area contributed by atoms with Crippen LogP contribution < -0.4 is 10.6 Å². The molecule has 11 heteroatoms. The van der Waals surface area contributed by atoms with Gasteiger partial charge in [0.2, 0.25) is 0 Å². The van der Waals surface area contributed by atoms with Crippen LogP contribution in [0.15, 0.2) is 0 Å². The van der Waals surface area contributed by atoms with Crippen molar-refractivity contribution in [2.75, 3.05) is 13.2 Å². The molecule has 3 aliphatic heterocycles. The zero-order valence-electron chi connectivity index (χ0n) is 21.5. The summed E-state index contributed by atoms with van der Waals surface area (Å²) in [7, 11) is 0. The van der Waals surface area contributed by atoms with Gasteiger partial charge in [-0.1, -0.05) is 13.8 Å². The quantitative estimate of drug-likeness (QED) is 0.366. The molecule has 7 atom stereocenters. The molecule has 0 radical (unpaired) electrons. The highest BCUT2D eigenvalue weighted by molar-refractivity contribution is 5.86. The summed E-state index contributed by atoms with van der Waals surface area (Å²) in [5.74, 6) is -2.11. The van der Waals surface area contributed by atoms with Crippen LogP contribution in [0, 0.1) is 11.8 Å². The molecule has 0 saturated carbocycles. The van der Waals surface area contributed by atoms with Gasteiger partial charge in [-0.25, -0.2) is 9.59 Å². The number of amides is 1. The second kappa shape index (κ2) is 10.3. The number of hydrogen-bond donors (Lipinski definition) is 3. The Kier molecular flexibility index (Phi) is 8.00. The Morgan fingerprint density at radius 1 is 1.06 bits per heavy atom. The van der Waals surface area contributed by atoms with Crippen molar-refractivity contribution in [3.05, 3.63) is 0 Å². The first-order valence-electron chi connectivity index (χ1n) is 12.3. The highest BCUT2D eigenvalue weighted by atomic mass is 16.6. The van der Waals surface area contributed by atoms with Crippen LogP contribution in [-0.4, -0.2) is 82.7 Å². The molecular formula is C24H39N3O8. The van der Waals surface area contributed by atoms with E-state index in [1.807, 2.05) is 13.8 Å². The molecule has 0 aromatic heterocycles. The van der Waals surface area contributed by atoms with Crippen molar-refractivity contribution in [2.24, 2.45) is 11.8 Å². The number of rotatable bonds is 6. The Balaban J connectivity index is 1.52. The highest BCUT2D eigenvalue weighted by Gasteiger charge is 2.50. The van der Waals surface area contributed by atoms with Gasteiger partial charge in [0.15, 0.2) is 6.23 Å². The van der Waals surface area contributed by atoms with E-state index in [4.69, 9.17) is 14.2 Å². The average molecular weight is 498 g/mol. The lowest BCUT2D eigenvalue weighted by Crippen LogP contribution is -2.54. The van der Waals surface area contributed by atoms with E-state index >= 15 is 0 Å². The largest absolute Gasteiger partial charge is 0.480 e.